The minimum Gasteiger partial charge on any atom is -0.444 e. The number of nitro benzene ring substituents is 1. The Morgan fingerprint density at radius 1 is 1.20 bits per heavy atom. The van der Waals surface area contributed by atoms with Crippen LogP contribution in [0.25, 0.3) is 0 Å². The number of nitro groups is 1. The van der Waals surface area contributed by atoms with Crippen molar-refractivity contribution in [1.29, 1.82) is 0 Å². The molecule has 1 heterocycles. The van der Waals surface area contributed by atoms with Crippen LogP contribution >= 0.6 is 0 Å². The zero-order valence-electron chi connectivity index (χ0n) is 15.6. The molecule has 1 aromatic rings. The van der Waals surface area contributed by atoms with Gasteiger partial charge in [-0.15, -0.1) is 0 Å². The lowest BCUT2D eigenvalue weighted by Crippen LogP contribution is -2.59. The third-order valence-electron chi connectivity index (χ3n) is 4.15. The number of carbonyl (C=O) groups is 1. The second kappa shape index (κ2) is 7.39. The molecule has 1 aromatic carbocycles. The van der Waals surface area contributed by atoms with Crippen LogP contribution in [0.2, 0.25) is 0 Å². The molecule has 0 saturated carbocycles. The Bertz CT molecular complexity index is 612. The van der Waals surface area contributed by atoms with Gasteiger partial charge in [-0.25, -0.2) is 4.79 Å². The molecule has 138 valence electrons. The summed E-state index contributed by atoms with van der Waals surface area (Å²) in [6.07, 6.45) is -0.275. The van der Waals surface area contributed by atoms with E-state index in [9.17, 15) is 14.9 Å². The van der Waals surface area contributed by atoms with Crippen molar-refractivity contribution in [2.75, 3.05) is 13.1 Å². The van der Waals surface area contributed by atoms with Gasteiger partial charge in [-0.1, -0.05) is 12.1 Å². The first kappa shape index (κ1) is 19.2. The van der Waals surface area contributed by atoms with Crippen molar-refractivity contribution in [1.82, 2.24) is 9.80 Å². The second-order valence-corrected chi connectivity index (χ2v) is 7.70. The van der Waals surface area contributed by atoms with Crippen LogP contribution in [0.3, 0.4) is 0 Å². The molecule has 0 N–H and O–H groups in total. The van der Waals surface area contributed by atoms with Gasteiger partial charge in [-0.3, -0.25) is 15.0 Å². The van der Waals surface area contributed by atoms with Gasteiger partial charge in [-0.05, 0) is 40.2 Å². The van der Waals surface area contributed by atoms with Crippen LogP contribution < -0.4 is 0 Å². The molecule has 0 aromatic heterocycles. The molecule has 1 saturated heterocycles. The van der Waals surface area contributed by atoms with Crippen molar-refractivity contribution in [3.63, 3.8) is 0 Å². The minimum absolute atomic E-state index is 0.0386. The van der Waals surface area contributed by atoms with Crippen LogP contribution in [0.5, 0.6) is 0 Å². The monoisotopic (exact) mass is 349 g/mol. The Labute approximate surface area is 148 Å². The standard InChI is InChI=1S/C18H27N3O4/c1-13-10-19(12-15-6-8-16(9-7-15)21(23)24)11-14(2)20(13)17(22)25-18(3,4)5/h6-9,13-14H,10-12H2,1-5H3/t13-,14+. The van der Waals surface area contributed by atoms with E-state index in [1.54, 1.807) is 17.0 Å². The Balaban J connectivity index is 1.99. The predicted molar refractivity (Wildman–Crippen MR) is 95.4 cm³/mol. The fourth-order valence-corrected chi connectivity index (χ4v) is 3.22. The van der Waals surface area contributed by atoms with E-state index in [0.717, 1.165) is 18.7 Å². The molecular formula is C18H27N3O4. The number of carbonyl (C=O) groups excluding carboxylic acids is 1. The van der Waals surface area contributed by atoms with E-state index in [2.05, 4.69) is 4.90 Å². The average molecular weight is 349 g/mol. The topological polar surface area (TPSA) is 75.9 Å². The molecule has 0 unspecified atom stereocenters. The molecule has 1 aliphatic rings. The van der Waals surface area contributed by atoms with Crippen molar-refractivity contribution in [2.45, 2.75) is 58.8 Å². The normalized spacial score (nSPS) is 21.9. The lowest BCUT2D eigenvalue weighted by molar-refractivity contribution is -0.384. The van der Waals surface area contributed by atoms with Crippen LogP contribution in [-0.2, 0) is 11.3 Å². The van der Waals surface area contributed by atoms with E-state index in [0.29, 0.717) is 6.54 Å². The average Bonchev–Trinajstić information content (AvgIpc) is 2.45. The van der Waals surface area contributed by atoms with Crippen molar-refractivity contribution >= 4 is 11.8 Å². The summed E-state index contributed by atoms with van der Waals surface area (Å²) in [4.78, 5) is 26.8. The lowest BCUT2D eigenvalue weighted by atomic mass is 10.1. The van der Waals surface area contributed by atoms with Gasteiger partial charge < -0.3 is 9.64 Å². The van der Waals surface area contributed by atoms with E-state index >= 15 is 0 Å². The van der Waals surface area contributed by atoms with E-state index in [1.807, 2.05) is 34.6 Å². The van der Waals surface area contributed by atoms with Crippen molar-refractivity contribution in [3.05, 3.63) is 39.9 Å². The zero-order valence-corrected chi connectivity index (χ0v) is 15.6. The number of rotatable bonds is 3. The maximum atomic E-state index is 12.4. The second-order valence-electron chi connectivity index (χ2n) is 7.70. The van der Waals surface area contributed by atoms with Crippen LogP contribution in [0, 0.1) is 10.1 Å². The summed E-state index contributed by atoms with van der Waals surface area (Å²) in [5, 5.41) is 10.7. The maximum Gasteiger partial charge on any atom is 0.410 e. The summed E-state index contributed by atoms with van der Waals surface area (Å²) < 4.78 is 5.51. The van der Waals surface area contributed by atoms with Crippen LogP contribution in [0.15, 0.2) is 24.3 Å². The third kappa shape index (κ3) is 5.16. The first-order chi connectivity index (χ1) is 11.6. The highest BCUT2D eigenvalue weighted by atomic mass is 16.6. The minimum atomic E-state index is -0.508. The Hall–Kier alpha value is -2.15. The summed E-state index contributed by atoms with van der Waals surface area (Å²) in [5.41, 5.74) is 0.614. The number of piperazine rings is 1. The lowest BCUT2D eigenvalue weighted by Gasteiger charge is -2.44. The summed E-state index contributed by atoms with van der Waals surface area (Å²) in [6, 6.07) is 6.70. The first-order valence-electron chi connectivity index (χ1n) is 8.54. The highest BCUT2D eigenvalue weighted by molar-refractivity contribution is 5.69. The molecule has 0 aliphatic carbocycles. The molecule has 7 nitrogen and oxygen atoms in total. The van der Waals surface area contributed by atoms with E-state index < -0.39 is 10.5 Å². The fourth-order valence-electron chi connectivity index (χ4n) is 3.22. The number of hydrogen-bond donors (Lipinski definition) is 0. The van der Waals surface area contributed by atoms with Crippen molar-refractivity contribution in [3.8, 4) is 0 Å². The Morgan fingerprint density at radius 3 is 2.16 bits per heavy atom. The number of benzene rings is 1. The number of amides is 1. The summed E-state index contributed by atoms with van der Waals surface area (Å²) in [5.74, 6) is 0. The summed E-state index contributed by atoms with van der Waals surface area (Å²) >= 11 is 0. The molecule has 2 atom stereocenters. The highest BCUT2D eigenvalue weighted by Gasteiger charge is 2.35. The largest absolute Gasteiger partial charge is 0.444 e. The molecule has 0 radical (unpaired) electrons. The van der Waals surface area contributed by atoms with Gasteiger partial charge in [0.2, 0.25) is 0 Å². The summed E-state index contributed by atoms with van der Waals surface area (Å²) in [6.45, 7) is 11.8. The van der Waals surface area contributed by atoms with Gasteiger partial charge in [0.1, 0.15) is 5.60 Å². The highest BCUT2D eigenvalue weighted by Crippen LogP contribution is 2.22. The van der Waals surface area contributed by atoms with Gasteiger partial charge in [0.25, 0.3) is 5.69 Å². The Morgan fingerprint density at radius 2 is 1.72 bits per heavy atom. The van der Waals surface area contributed by atoms with Gasteiger partial charge >= 0.3 is 6.09 Å². The molecule has 1 amide bonds. The van der Waals surface area contributed by atoms with Crippen LogP contribution in [-0.4, -0.2) is 51.6 Å². The SMILES string of the molecule is C[C@@H]1CN(Cc2ccc([N+](=O)[O-])cc2)C[C@H](C)N1C(=O)OC(C)(C)C. The number of ether oxygens (including phenoxy) is 1. The van der Waals surface area contributed by atoms with E-state index in [4.69, 9.17) is 4.74 Å². The first-order valence-corrected chi connectivity index (χ1v) is 8.54. The molecule has 0 bridgehead atoms. The van der Waals surface area contributed by atoms with Gasteiger partial charge in [0.05, 0.1) is 4.92 Å². The van der Waals surface area contributed by atoms with Crippen molar-refractivity contribution < 1.29 is 14.5 Å². The fraction of sp³-hybridized carbons (Fsp3) is 0.611. The van der Waals surface area contributed by atoms with E-state index in [-0.39, 0.29) is 23.9 Å². The number of nitrogens with zero attached hydrogens (tertiary/aromatic N) is 3. The third-order valence-corrected chi connectivity index (χ3v) is 4.15. The molecule has 7 heteroatoms. The molecule has 1 fully saturated rings. The van der Waals surface area contributed by atoms with Gasteiger partial charge in [0.15, 0.2) is 0 Å². The van der Waals surface area contributed by atoms with Crippen molar-refractivity contribution in [2.24, 2.45) is 0 Å². The Kier molecular flexibility index (Phi) is 5.67. The molecule has 0 spiro atoms. The summed E-state index contributed by atoms with van der Waals surface area (Å²) in [7, 11) is 0. The van der Waals surface area contributed by atoms with E-state index in [1.165, 1.54) is 12.1 Å². The van der Waals surface area contributed by atoms with Gasteiger partial charge in [-0.2, -0.15) is 0 Å². The molecule has 25 heavy (non-hydrogen) atoms. The molecular weight excluding hydrogens is 322 g/mol. The van der Waals surface area contributed by atoms with Gasteiger partial charge in [0, 0.05) is 43.9 Å². The smallest absolute Gasteiger partial charge is 0.410 e. The zero-order chi connectivity index (χ0) is 18.8. The van der Waals surface area contributed by atoms with Crippen LogP contribution in [0.4, 0.5) is 10.5 Å². The number of hydrogen-bond acceptors (Lipinski definition) is 5. The quantitative estimate of drug-likeness (QED) is 0.617. The molecule has 2 rings (SSSR count). The maximum absolute atomic E-state index is 12.4. The predicted octanol–water partition coefficient (Wildman–Crippen LogP) is 3.42. The molecule has 1 aliphatic heterocycles. The van der Waals surface area contributed by atoms with Crippen LogP contribution in [0.1, 0.15) is 40.2 Å². The number of non-ortho nitro benzene ring substituents is 1.